The molecule has 1 saturated heterocycles. The molecule has 2 aromatic rings. The first-order valence-corrected chi connectivity index (χ1v) is 8.81. The van der Waals surface area contributed by atoms with E-state index in [1.54, 1.807) is 48.4 Å². The third-order valence-corrected chi connectivity index (χ3v) is 4.41. The molecule has 8 heteroatoms. The van der Waals surface area contributed by atoms with E-state index in [9.17, 15) is 14.0 Å². The van der Waals surface area contributed by atoms with Crippen LogP contribution in [0, 0.1) is 5.82 Å². The van der Waals surface area contributed by atoms with E-state index in [1.807, 2.05) is 0 Å². The zero-order valence-corrected chi connectivity index (χ0v) is 15.1. The van der Waals surface area contributed by atoms with Crippen LogP contribution in [0.5, 0.6) is 0 Å². The molecule has 0 unspecified atom stereocenters. The van der Waals surface area contributed by atoms with E-state index in [0.717, 1.165) is 5.69 Å². The molecule has 0 aliphatic carbocycles. The first-order chi connectivity index (χ1) is 13.0. The molecule has 0 saturated carbocycles. The maximum Gasteiger partial charge on any atom is 0.318 e. The zero-order chi connectivity index (χ0) is 19.2. The Kier molecular flexibility index (Phi) is 5.85. The van der Waals surface area contributed by atoms with Crippen molar-refractivity contribution in [1.29, 1.82) is 0 Å². The molecule has 0 spiro atoms. The van der Waals surface area contributed by atoms with E-state index >= 15 is 0 Å². The van der Waals surface area contributed by atoms with Gasteiger partial charge < -0.3 is 20.4 Å². The van der Waals surface area contributed by atoms with Crippen molar-refractivity contribution >= 4 is 23.4 Å². The van der Waals surface area contributed by atoms with E-state index in [-0.39, 0.29) is 17.8 Å². The Hall–Kier alpha value is -3.16. The van der Waals surface area contributed by atoms with Crippen molar-refractivity contribution in [3.63, 3.8) is 0 Å². The second kappa shape index (κ2) is 8.48. The Morgan fingerprint density at radius 1 is 1.07 bits per heavy atom. The number of amides is 3. The average Bonchev–Trinajstić information content (AvgIpc) is 2.69. The molecule has 1 fully saturated rings. The molecule has 142 valence electrons. The number of urea groups is 1. The summed E-state index contributed by atoms with van der Waals surface area (Å²) in [7, 11) is 0. The lowest BCUT2D eigenvalue weighted by atomic mass is 10.2. The van der Waals surface area contributed by atoms with Crippen LogP contribution in [0.4, 0.5) is 20.7 Å². The Bertz CT molecular complexity index is 776. The number of pyridine rings is 1. The smallest absolute Gasteiger partial charge is 0.318 e. The molecule has 3 rings (SSSR count). The number of hydrogen-bond acceptors (Lipinski definition) is 4. The summed E-state index contributed by atoms with van der Waals surface area (Å²) < 4.78 is 13.0. The summed E-state index contributed by atoms with van der Waals surface area (Å²) in [6.45, 7) is 3.97. The fraction of sp³-hybridized carbons (Fsp3) is 0.316. The number of benzene rings is 1. The molecule has 7 nitrogen and oxygen atoms in total. The Balaban J connectivity index is 1.47. The molecule has 2 heterocycles. The van der Waals surface area contributed by atoms with Gasteiger partial charge in [0.1, 0.15) is 17.7 Å². The summed E-state index contributed by atoms with van der Waals surface area (Å²) in [5, 5.41) is 5.37. The van der Waals surface area contributed by atoms with Gasteiger partial charge in [0.05, 0.1) is 0 Å². The van der Waals surface area contributed by atoms with Crippen LogP contribution in [-0.4, -0.2) is 54.0 Å². The Morgan fingerprint density at radius 3 is 2.41 bits per heavy atom. The second-order valence-electron chi connectivity index (χ2n) is 6.33. The van der Waals surface area contributed by atoms with Crippen molar-refractivity contribution < 1.29 is 14.0 Å². The van der Waals surface area contributed by atoms with Crippen molar-refractivity contribution in [1.82, 2.24) is 15.2 Å². The monoisotopic (exact) mass is 371 g/mol. The Labute approximate surface area is 157 Å². The highest BCUT2D eigenvalue weighted by molar-refractivity contribution is 5.96. The minimum Gasteiger partial charge on any atom is -0.368 e. The first kappa shape index (κ1) is 18.6. The van der Waals surface area contributed by atoms with Crippen molar-refractivity contribution in [2.45, 2.75) is 13.0 Å². The van der Waals surface area contributed by atoms with Crippen molar-refractivity contribution in [2.75, 3.05) is 36.4 Å². The van der Waals surface area contributed by atoms with E-state index in [1.165, 1.54) is 12.1 Å². The van der Waals surface area contributed by atoms with Crippen molar-refractivity contribution in [2.24, 2.45) is 0 Å². The van der Waals surface area contributed by atoms with Gasteiger partial charge in [-0.15, -0.1) is 0 Å². The zero-order valence-electron chi connectivity index (χ0n) is 15.1. The van der Waals surface area contributed by atoms with Crippen LogP contribution in [0.15, 0.2) is 48.7 Å². The number of halogens is 1. The summed E-state index contributed by atoms with van der Waals surface area (Å²) in [4.78, 5) is 32.4. The fourth-order valence-corrected chi connectivity index (χ4v) is 2.83. The first-order valence-electron chi connectivity index (χ1n) is 8.81. The number of piperazine rings is 1. The van der Waals surface area contributed by atoms with Crippen LogP contribution in [0.1, 0.15) is 6.92 Å². The molecule has 0 bridgehead atoms. The SMILES string of the molecule is C[C@@H](NC(=O)N1CCN(c2ccc(F)cc2)CC1)C(=O)Nc1ccccn1. The predicted octanol–water partition coefficient (Wildman–Crippen LogP) is 2.08. The van der Waals surface area contributed by atoms with Gasteiger partial charge in [-0.05, 0) is 43.3 Å². The topological polar surface area (TPSA) is 77.6 Å². The number of nitrogens with zero attached hydrogens (tertiary/aromatic N) is 3. The molecule has 1 atom stereocenters. The highest BCUT2D eigenvalue weighted by Crippen LogP contribution is 2.17. The number of carbonyl (C=O) groups excluding carboxylic acids is 2. The lowest BCUT2D eigenvalue weighted by molar-refractivity contribution is -0.117. The number of rotatable bonds is 4. The summed E-state index contributed by atoms with van der Waals surface area (Å²) in [5.41, 5.74) is 0.930. The highest BCUT2D eigenvalue weighted by Gasteiger charge is 2.24. The van der Waals surface area contributed by atoms with Crippen LogP contribution in [-0.2, 0) is 4.79 Å². The molecular formula is C19H22FN5O2. The molecule has 27 heavy (non-hydrogen) atoms. The minimum atomic E-state index is -0.686. The maximum atomic E-state index is 13.0. The minimum absolute atomic E-state index is 0.269. The molecule has 1 aromatic carbocycles. The molecule has 1 aliphatic heterocycles. The molecule has 1 aliphatic rings. The van der Waals surface area contributed by atoms with Crippen LogP contribution < -0.4 is 15.5 Å². The maximum absolute atomic E-state index is 13.0. The van der Waals surface area contributed by atoms with Crippen LogP contribution in [0.3, 0.4) is 0 Å². The van der Waals surface area contributed by atoms with Gasteiger partial charge >= 0.3 is 6.03 Å². The molecular weight excluding hydrogens is 349 g/mol. The Morgan fingerprint density at radius 2 is 1.78 bits per heavy atom. The van der Waals surface area contributed by atoms with E-state index in [2.05, 4.69) is 20.5 Å². The van der Waals surface area contributed by atoms with Gasteiger partial charge in [0.15, 0.2) is 0 Å². The summed E-state index contributed by atoms with van der Waals surface area (Å²) >= 11 is 0. The third-order valence-electron chi connectivity index (χ3n) is 4.41. The molecule has 1 aromatic heterocycles. The van der Waals surface area contributed by atoms with Gasteiger partial charge in [0, 0.05) is 38.1 Å². The quantitative estimate of drug-likeness (QED) is 0.863. The second-order valence-corrected chi connectivity index (χ2v) is 6.33. The number of anilines is 2. The van der Waals surface area contributed by atoms with Gasteiger partial charge in [-0.3, -0.25) is 4.79 Å². The normalized spacial score (nSPS) is 15.2. The predicted molar refractivity (Wildman–Crippen MR) is 101 cm³/mol. The largest absolute Gasteiger partial charge is 0.368 e. The molecule has 3 amide bonds. The summed E-state index contributed by atoms with van der Waals surface area (Å²) in [6.07, 6.45) is 1.58. The van der Waals surface area contributed by atoms with Crippen molar-refractivity contribution in [3.05, 3.63) is 54.5 Å². The molecule has 2 N–H and O–H groups in total. The van der Waals surface area contributed by atoms with E-state index < -0.39 is 6.04 Å². The fourth-order valence-electron chi connectivity index (χ4n) is 2.83. The van der Waals surface area contributed by atoms with Crippen molar-refractivity contribution in [3.8, 4) is 0 Å². The van der Waals surface area contributed by atoms with E-state index in [0.29, 0.717) is 32.0 Å². The number of nitrogens with one attached hydrogen (secondary N) is 2. The van der Waals surface area contributed by atoms with Gasteiger partial charge in [-0.2, -0.15) is 0 Å². The van der Waals surface area contributed by atoms with Crippen LogP contribution in [0.2, 0.25) is 0 Å². The highest BCUT2D eigenvalue weighted by atomic mass is 19.1. The van der Waals surface area contributed by atoms with E-state index in [4.69, 9.17) is 0 Å². The average molecular weight is 371 g/mol. The molecule has 0 radical (unpaired) electrons. The number of carbonyl (C=O) groups is 2. The van der Waals surface area contributed by atoms with Gasteiger partial charge in [-0.1, -0.05) is 6.07 Å². The van der Waals surface area contributed by atoms with Crippen LogP contribution in [0.25, 0.3) is 0 Å². The summed E-state index contributed by atoms with van der Waals surface area (Å²) in [6, 6.07) is 10.6. The van der Waals surface area contributed by atoms with Crippen LogP contribution >= 0.6 is 0 Å². The lowest BCUT2D eigenvalue weighted by Gasteiger charge is -2.36. The number of hydrogen-bond donors (Lipinski definition) is 2. The number of aromatic nitrogens is 1. The standard InChI is InChI=1S/C19H22FN5O2/c1-14(18(26)23-17-4-2-3-9-21-17)22-19(27)25-12-10-24(11-13-25)16-7-5-15(20)6-8-16/h2-9,14H,10-13H2,1H3,(H,22,27)(H,21,23,26)/t14-/m1/s1. The third kappa shape index (κ3) is 4.93. The van der Waals surface area contributed by atoms with Gasteiger partial charge in [0.25, 0.3) is 0 Å². The van der Waals surface area contributed by atoms with Gasteiger partial charge in [-0.25, -0.2) is 14.2 Å². The van der Waals surface area contributed by atoms with Gasteiger partial charge in [0.2, 0.25) is 5.91 Å². The summed E-state index contributed by atoms with van der Waals surface area (Å²) in [5.74, 6) is -0.154. The lowest BCUT2D eigenvalue weighted by Crippen LogP contribution is -2.54.